The van der Waals surface area contributed by atoms with E-state index in [9.17, 15) is 4.79 Å². The lowest BCUT2D eigenvalue weighted by molar-refractivity contribution is 0.0690. The molecule has 0 bridgehead atoms. The van der Waals surface area contributed by atoms with E-state index in [2.05, 4.69) is 5.10 Å². The number of aromatic nitrogens is 2. The van der Waals surface area contributed by atoms with Crippen molar-refractivity contribution in [3.8, 4) is 5.69 Å². The van der Waals surface area contributed by atoms with Crippen molar-refractivity contribution in [2.24, 2.45) is 0 Å². The van der Waals surface area contributed by atoms with E-state index in [0.717, 1.165) is 22.2 Å². The summed E-state index contributed by atoms with van der Waals surface area (Å²) in [6.45, 7) is 1.85. The molecule has 0 aliphatic heterocycles. The highest BCUT2D eigenvalue weighted by Gasteiger charge is 2.13. The Labute approximate surface area is 109 Å². The van der Waals surface area contributed by atoms with Crippen LogP contribution >= 0.6 is 0 Å². The third kappa shape index (κ3) is 1.87. The van der Waals surface area contributed by atoms with E-state index < -0.39 is 5.97 Å². The van der Waals surface area contributed by atoms with Crippen LogP contribution in [0.4, 0.5) is 0 Å². The fraction of sp³-hybridized carbons (Fsp3) is 0.0667. The quantitative estimate of drug-likeness (QED) is 0.762. The lowest BCUT2D eigenvalue weighted by atomic mass is 10.1. The van der Waals surface area contributed by atoms with Crippen LogP contribution in [-0.2, 0) is 0 Å². The molecule has 0 unspecified atom stereocenters. The highest BCUT2D eigenvalue weighted by Crippen LogP contribution is 2.23. The van der Waals surface area contributed by atoms with Gasteiger partial charge in [0.15, 0.2) is 5.69 Å². The lowest BCUT2D eigenvalue weighted by Crippen LogP contribution is -2.02. The summed E-state index contributed by atoms with van der Waals surface area (Å²) in [6.07, 6.45) is 0. The van der Waals surface area contributed by atoms with Gasteiger partial charge < -0.3 is 5.11 Å². The number of rotatable bonds is 2. The Hall–Kier alpha value is -2.62. The SMILES string of the molecule is Cc1cc(C(=O)O)nn1-c1cccc2ccccc12. The zero-order valence-corrected chi connectivity index (χ0v) is 10.4. The molecule has 0 radical (unpaired) electrons. The average molecular weight is 252 g/mol. The molecule has 94 valence electrons. The molecule has 0 aliphatic rings. The molecule has 3 aromatic rings. The maximum Gasteiger partial charge on any atom is 0.356 e. The van der Waals surface area contributed by atoms with Gasteiger partial charge in [0.2, 0.25) is 0 Å². The molecule has 1 heterocycles. The topological polar surface area (TPSA) is 55.1 Å². The molecule has 19 heavy (non-hydrogen) atoms. The number of hydrogen-bond donors (Lipinski definition) is 1. The first-order valence-corrected chi connectivity index (χ1v) is 5.95. The minimum absolute atomic E-state index is 0.0606. The van der Waals surface area contributed by atoms with Crippen LogP contribution in [0.2, 0.25) is 0 Å². The van der Waals surface area contributed by atoms with Crippen molar-refractivity contribution < 1.29 is 9.90 Å². The van der Waals surface area contributed by atoms with E-state index in [-0.39, 0.29) is 5.69 Å². The van der Waals surface area contributed by atoms with Gasteiger partial charge in [0, 0.05) is 11.1 Å². The van der Waals surface area contributed by atoms with Gasteiger partial charge >= 0.3 is 5.97 Å². The monoisotopic (exact) mass is 252 g/mol. The van der Waals surface area contributed by atoms with Crippen LogP contribution in [-0.4, -0.2) is 20.9 Å². The van der Waals surface area contributed by atoms with Crippen molar-refractivity contribution in [1.29, 1.82) is 0 Å². The summed E-state index contributed by atoms with van der Waals surface area (Å²) in [5, 5.41) is 15.3. The summed E-state index contributed by atoms with van der Waals surface area (Å²) in [6, 6.07) is 15.4. The average Bonchev–Trinajstić information content (AvgIpc) is 2.80. The highest BCUT2D eigenvalue weighted by molar-refractivity contribution is 5.90. The second-order valence-electron chi connectivity index (χ2n) is 4.39. The highest BCUT2D eigenvalue weighted by atomic mass is 16.4. The third-order valence-corrected chi connectivity index (χ3v) is 3.10. The summed E-state index contributed by atoms with van der Waals surface area (Å²) in [5.74, 6) is -1.01. The Morgan fingerprint density at radius 3 is 2.63 bits per heavy atom. The van der Waals surface area contributed by atoms with Crippen molar-refractivity contribution in [3.05, 3.63) is 59.9 Å². The molecule has 1 N–H and O–H groups in total. The van der Waals surface area contributed by atoms with E-state index in [4.69, 9.17) is 5.11 Å². The molecule has 0 saturated carbocycles. The summed E-state index contributed by atoms with van der Waals surface area (Å²) < 4.78 is 1.67. The van der Waals surface area contributed by atoms with Crippen LogP contribution in [0, 0.1) is 6.92 Å². The van der Waals surface area contributed by atoms with Gasteiger partial charge in [0.1, 0.15) is 0 Å². The predicted octanol–water partition coefficient (Wildman–Crippen LogP) is 3.03. The first-order valence-electron chi connectivity index (χ1n) is 5.95. The Kier molecular flexibility index (Phi) is 2.56. The van der Waals surface area contributed by atoms with Crippen LogP contribution in [0.25, 0.3) is 16.5 Å². The number of aromatic carboxylic acids is 1. The second kappa shape index (κ2) is 4.24. The Bertz CT molecular complexity index is 769. The second-order valence-corrected chi connectivity index (χ2v) is 4.39. The zero-order chi connectivity index (χ0) is 13.4. The molecule has 2 aromatic carbocycles. The molecule has 0 atom stereocenters. The molecule has 1 aromatic heterocycles. The van der Waals surface area contributed by atoms with Crippen molar-refractivity contribution in [2.45, 2.75) is 6.92 Å². The van der Waals surface area contributed by atoms with E-state index >= 15 is 0 Å². The Morgan fingerprint density at radius 2 is 1.89 bits per heavy atom. The number of aryl methyl sites for hydroxylation is 1. The van der Waals surface area contributed by atoms with Crippen LogP contribution in [0.3, 0.4) is 0 Å². The van der Waals surface area contributed by atoms with E-state index in [1.165, 1.54) is 0 Å². The summed E-state index contributed by atoms with van der Waals surface area (Å²) in [7, 11) is 0. The maximum absolute atomic E-state index is 11.0. The van der Waals surface area contributed by atoms with Gasteiger partial charge in [0.25, 0.3) is 0 Å². The molecule has 0 aliphatic carbocycles. The number of nitrogens with zero attached hydrogens (tertiary/aromatic N) is 2. The van der Waals surface area contributed by atoms with Crippen molar-refractivity contribution in [3.63, 3.8) is 0 Å². The molecule has 0 saturated heterocycles. The fourth-order valence-corrected chi connectivity index (χ4v) is 2.22. The van der Waals surface area contributed by atoms with Gasteiger partial charge in [0.05, 0.1) is 5.69 Å². The van der Waals surface area contributed by atoms with Crippen LogP contribution in [0.5, 0.6) is 0 Å². The van der Waals surface area contributed by atoms with Gasteiger partial charge in [-0.05, 0) is 24.4 Å². The number of carboxylic acids is 1. The molecule has 0 spiro atoms. The van der Waals surface area contributed by atoms with Gasteiger partial charge in [-0.15, -0.1) is 0 Å². The minimum Gasteiger partial charge on any atom is -0.476 e. The standard InChI is InChI=1S/C15H12N2O2/c1-10-9-13(15(18)19)16-17(10)14-8-4-6-11-5-2-3-7-12(11)14/h2-9H,1H3,(H,18,19). The van der Waals surface area contributed by atoms with Crippen LogP contribution < -0.4 is 0 Å². The molecule has 0 fully saturated rings. The normalized spacial score (nSPS) is 10.8. The molecular weight excluding hydrogens is 240 g/mol. The van der Waals surface area contributed by atoms with E-state index in [0.29, 0.717) is 0 Å². The largest absolute Gasteiger partial charge is 0.476 e. The Morgan fingerprint density at radius 1 is 1.16 bits per heavy atom. The number of hydrogen-bond acceptors (Lipinski definition) is 2. The smallest absolute Gasteiger partial charge is 0.356 e. The predicted molar refractivity (Wildman–Crippen MR) is 72.8 cm³/mol. The molecular formula is C15H12N2O2. The molecule has 0 amide bonds. The van der Waals surface area contributed by atoms with Crippen molar-refractivity contribution in [1.82, 2.24) is 9.78 Å². The van der Waals surface area contributed by atoms with Gasteiger partial charge in [-0.2, -0.15) is 5.10 Å². The van der Waals surface area contributed by atoms with Gasteiger partial charge in [-0.3, -0.25) is 0 Å². The first kappa shape index (κ1) is 11.5. The number of benzene rings is 2. The minimum atomic E-state index is -1.01. The van der Waals surface area contributed by atoms with Crippen LogP contribution in [0.1, 0.15) is 16.2 Å². The number of carbonyl (C=O) groups is 1. The molecule has 4 nitrogen and oxygen atoms in total. The van der Waals surface area contributed by atoms with Gasteiger partial charge in [-0.1, -0.05) is 36.4 Å². The van der Waals surface area contributed by atoms with Gasteiger partial charge in [-0.25, -0.2) is 9.48 Å². The fourth-order valence-electron chi connectivity index (χ4n) is 2.22. The van der Waals surface area contributed by atoms with E-state index in [1.54, 1.807) is 10.7 Å². The first-order chi connectivity index (χ1) is 9.16. The molecule has 3 rings (SSSR count). The number of fused-ring (bicyclic) bond motifs is 1. The van der Waals surface area contributed by atoms with Crippen molar-refractivity contribution >= 4 is 16.7 Å². The summed E-state index contributed by atoms with van der Waals surface area (Å²) >= 11 is 0. The molecule has 4 heteroatoms. The summed E-state index contributed by atoms with van der Waals surface area (Å²) in [4.78, 5) is 11.0. The van der Waals surface area contributed by atoms with Crippen LogP contribution in [0.15, 0.2) is 48.5 Å². The number of carboxylic acid groups (broad SMARTS) is 1. The summed E-state index contributed by atoms with van der Waals surface area (Å²) in [5.41, 5.74) is 1.75. The van der Waals surface area contributed by atoms with E-state index in [1.807, 2.05) is 49.4 Å². The lowest BCUT2D eigenvalue weighted by Gasteiger charge is -2.08. The third-order valence-electron chi connectivity index (χ3n) is 3.10. The van der Waals surface area contributed by atoms with Crippen molar-refractivity contribution in [2.75, 3.05) is 0 Å². The zero-order valence-electron chi connectivity index (χ0n) is 10.4. The maximum atomic E-state index is 11.0. The Balaban J connectivity index is 2.27.